The van der Waals surface area contributed by atoms with Gasteiger partial charge in [0.05, 0.1) is 6.61 Å². The molecule has 0 saturated carbocycles. The van der Waals surface area contributed by atoms with E-state index in [0.29, 0.717) is 19.4 Å². The normalized spacial score (nSPS) is 13.7. The maximum atomic E-state index is 11.5. The predicted molar refractivity (Wildman–Crippen MR) is 59.4 cm³/mol. The topological polar surface area (TPSA) is 43.4 Å². The highest BCUT2D eigenvalue weighted by Crippen LogP contribution is 2.23. The largest absolute Gasteiger partial charge is 0.466 e. The summed E-state index contributed by atoms with van der Waals surface area (Å²) in [5.74, 6) is -0.0402. The molecule has 84 valence electrons. The van der Waals surface area contributed by atoms with Crippen LogP contribution in [0.3, 0.4) is 0 Å². The SMILES string of the molecule is CC(=O)OCCc1ccc2c(c1)C(=O)CC2. The number of ketones is 1. The van der Waals surface area contributed by atoms with Crippen molar-refractivity contribution < 1.29 is 14.3 Å². The molecule has 0 spiro atoms. The average molecular weight is 218 g/mol. The standard InChI is InChI=1S/C13H14O3/c1-9(14)16-7-6-10-2-3-11-4-5-13(15)12(11)8-10/h2-3,8H,4-7H2,1H3. The van der Waals surface area contributed by atoms with Crippen molar-refractivity contribution in [2.24, 2.45) is 0 Å². The molecular weight excluding hydrogens is 204 g/mol. The summed E-state index contributed by atoms with van der Waals surface area (Å²) in [6.07, 6.45) is 2.15. The zero-order chi connectivity index (χ0) is 11.5. The number of esters is 1. The van der Waals surface area contributed by atoms with E-state index in [1.807, 2.05) is 18.2 Å². The Morgan fingerprint density at radius 2 is 2.19 bits per heavy atom. The molecule has 0 saturated heterocycles. The van der Waals surface area contributed by atoms with E-state index >= 15 is 0 Å². The van der Waals surface area contributed by atoms with E-state index in [1.165, 1.54) is 6.92 Å². The zero-order valence-electron chi connectivity index (χ0n) is 9.29. The highest BCUT2D eigenvalue weighted by Gasteiger charge is 2.19. The minimum atomic E-state index is -0.266. The number of fused-ring (bicyclic) bond motifs is 1. The fourth-order valence-electron chi connectivity index (χ4n) is 1.95. The number of carbonyl (C=O) groups excluding carboxylic acids is 2. The lowest BCUT2D eigenvalue weighted by molar-refractivity contribution is -0.140. The van der Waals surface area contributed by atoms with Gasteiger partial charge in [-0.15, -0.1) is 0 Å². The molecule has 1 aromatic carbocycles. The molecule has 1 aliphatic rings. The highest BCUT2D eigenvalue weighted by atomic mass is 16.5. The summed E-state index contributed by atoms with van der Waals surface area (Å²) >= 11 is 0. The van der Waals surface area contributed by atoms with Crippen LogP contribution < -0.4 is 0 Å². The molecule has 0 aromatic heterocycles. The van der Waals surface area contributed by atoms with Gasteiger partial charge >= 0.3 is 5.97 Å². The van der Waals surface area contributed by atoms with Crippen molar-refractivity contribution in [2.45, 2.75) is 26.2 Å². The van der Waals surface area contributed by atoms with Gasteiger partial charge in [0.25, 0.3) is 0 Å². The molecule has 16 heavy (non-hydrogen) atoms. The quantitative estimate of drug-likeness (QED) is 0.728. The van der Waals surface area contributed by atoms with Crippen molar-refractivity contribution in [3.63, 3.8) is 0 Å². The molecule has 1 aromatic rings. The van der Waals surface area contributed by atoms with Crippen molar-refractivity contribution >= 4 is 11.8 Å². The summed E-state index contributed by atoms with van der Waals surface area (Å²) in [5, 5.41) is 0. The Labute approximate surface area is 94.4 Å². The second-order valence-electron chi connectivity index (χ2n) is 4.00. The maximum Gasteiger partial charge on any atom is 0.302 e. The Morgan fingerprint density at radius 3 is 2.94 bits per heavy atom. The molecule has 0 fully saturated rings. The Kier molecular flexibility index (Phi) is 3.04. The van der Waals surface area contributed by atoms with Crippen molar-refractivity contribution in [3.05, 3.63) is 34.9 Å². The molecule has 0 N–H and O–H groups in total. The first-order valence-corrected chi connectivity index (χ1v) is 5.45. The number of benzene rings is 1. The molecule has 0 aliphatic heterocycles. The van der Waals surface area contributed by atoms with Gasteiger partial charge in [-0.25, -0.2) is 0 Å². The third kappa shape index (κ3) is 2.30. The van der Waals surface area contributed by atoms with Crippen molar-refractivity contribution in [1.82, 2.24) is 0 Å². The first-order valence-electron chi connectivity index (χ1n) is 5.45. The number of hydrogen-bond donors (Lipinski definition) is 0. The van der Waals surface area contributed by atoms with Crippen LogP contribution in [-0.4, -0.2) is 18.4 Å². The Bertz CT molecular complexity index is 435. The van der Waals surface area contributed by atoms with Gasteiger partial charge in [0.1, 0.15) is 0 Å². The second-order valence-corrected chi connectivity index (χ2v) is 4.00. The molecule has 0 heterocycles. The number of carbonyl (C=O) groups is 2. The number of ether oxygens (including phenoxy) is 1. The van der Waals surface area contributed by atoms with Crippen molar-refractivity contribution in [1.29, 1.82) is 0 Å². The lowest BCUT2D eigenvalue weighted by atomic mass is 10.0. The fourth-order valence-corrected chi connectivity index (χ4v) is 1.95. The molecule has 0 unspecified atom stereocenters. The summed E-state index contributed by atoms with van der Waals surface area (Å²) in [6, 6.07) is 5.93. The van der Waals surface area contributed by atoms with Gasteiger partial charge in [0.15, 0.2) is 5.78 Å². The van der Waals surface area contributed by atoms with E-state index in [4.69, 9.17) is 4.74 Å². The third-order valence-corrected chi connectivity index (χ3v) is 2.79. The summed E-state index contributed by atoms with van der Waals surface area (Å²) in [6.45, 7) is 1.77. The maximum absolute atomic E-state index is 11.5. The number of Topliss-reactive ketones (excluding diaryl/α,β-unsaturated/α-hetero) is 1. The monoisotopic (exact) mass is 218 g/mol. The van der Waals surface area contributed by atoms with E-state index in [2.05, 4.69) is 0 Å². The van der Waals surface area contributed by atoms with Crippen LogP contribution in [0.4, 0.5) is 0 Å². The molecule has 3 nitrogen and oxygen atoms in total. The number of aryl methyl sites for hydroxylation is 1. The Hall–Kier alpha value is -1.64. The third-order valence-electron chi connectivity index (χ3n) is 2.79. The van der Waals surface area contributed by atoms with Gasteiger partial charge < -0.3 is 4.74 Å². The van der Waals surface area contributed by atoms with E-state index in [0.717, 1.165) is 23.1 Å². The first-order chi connectivity index (χ1) is 7.66. The van der Waals surface area contributed by atoms with Gasteiger partial charge in [-0.05, 0) is 23.6 Å². The van der Waals surface area contributed by atoms with Crippen LogP contribution >= 0.6 is 0 Å². The van der Waals surface area contributed by atoms with Gasteiger partial charge in [-0.3, -0.25) is 9.59 Å². The minimum Gasteiger partial charge on any atom is -0.466 e. The van der Waals surface area contributed by atoms with E-state index in [1.54, 1.807) is 0 Å². The van der Waals surface area contributed by atoms with Gasteiger partial charge in [0, 0.05) is 25.3 Å². The first kappa shape index (κ1) is 10.9. The van der Waals surface area contributed by atoms with E-state index in [-0.39, 0.29) is 11.8 Å². The van der Waals surface area contributed by atoms with Crippen LogP contribution in [0.25, 0.3) is 0 Å². The lowest BCUT2D eigenvalue weighted by Gasteiger charge is -2.04. The zero-order valence-corrected chi connectivity index (χ0v) is 9.29. The fraction of sp³-hybridized carbons (Fsp3) is 0.385. The van der Waals surface area contributed by atoms with Gasteiger partial charge in [-0.1, -0.05) is 12.1 Å². The molecule has 3 heteroatoms. The van der Waals surface area contributed by atoms with Gasteiger partial charge in [0.2, 0.25) is 0 Å². The second kappa shape index (κ2) is 4.47. The summed E-state index contributed by atoms with van der Waals surface area (Å²) < 4.78 is 4.87. The number of rotatable bonds is 3. The molecule has 1 aliphatic carbocycles. The Morgan fingerprint density at radius 1 is 1.38 bits per heavy atom. The highest BCUT2D eigenvalue weighted by molar-refractivity contribution is 6.00. The van der Waals surface area contributed by atoms with Crippen LogP contribution in [0.15, 0.2) is 18.2 Å². The number of hydrogen-bond acceptors (Lipinski definition) is 3. The van der Waals surface area contributed by atoms with Crippen LogP contribution in [0.1, 0.15) is 34.8 Å². The summed E-state index contributed by atoms with van der Waals surface area (Å²) in [4.78, 5) is 22.1. The smallest absolute Gasteiger partial charge is 0.302 e. The Balaban J connectivity index is 2.04. The predicted octanol–water partition coefficient (Wildman–Crippen LogP) is 1.92. The molecular formula is C13H14O3. The molecule has 0 bridgehead atoms. The molecule has 0 radical (unpaired) electrons. The molecule has 0 amide bonds. The van der Waals surface area contributed by atoms with Crippen molar-refractivity contribution in [2.75, 3.05) is 6.61 Å². The van der Waals surface area contributed by atoms with E-state index < -0.39 is 0 Å². The van der Waals surface area contributed by atoms with Crippen molar-refractivity contribution in [3.8, 4) is 0 Å². The summed E-state index contributed by atoms with van der Waals surface area (Å²) in [5.41, 5.74) is 3.04. The minimum absolute atomic E-state index is 0.226. The molecule has 2 rings (SSSR count). The van der Waals surface area contributed by atoms with Crippen LogP contribution in [0, 0.1) is 0 Å². The van der Waals surface area contributed by atoms with E-state index in [9.17, 15) is 9.59 Å². The molecule has 0 atom stereocenters. The van der Waals surface area contributed by atoms with Crippen LogP contribution in [0.5, 0.6) is 0 Å². The lowest BCUT2D eigenvalue weighted by Crippen LogP contribution is -2.04. The van der Waals surface area contributed by atoms with Crippen LogP contribution in [0.2, 0.25) is 0 Å². The van der Waals surface area contributed by atoms with Gasteiger partial charge in [-0.2, -0.15) is 0 Å². The summed E-state index contributed by atoms with van der Waals surface area (Å²) in [7, 11) is 0. The van der Waals surface area contributed by atoms with Crippen LogP contribution in [-0.2, 0) is 22.4 Å². The average Bonchev–Trinajstić information content (AvgIpc) is 2.60.